The second kappa shape index (κ2) is 9.24. The highest BCUT2D eigenvalue weighted by Gasteiger charge is 2.39. The van der Waals surface area contributed by atoms with Gasteiger partial charge in [0, 0.05) is 37.9 Å². The summed E-state index contributed by atoms with van der Waals surface area (Å²) in [5.74, 6) is 0.320. The van der Waals surface area contributed by atoms with Crippen LogP contribution in [0.2, 0.25) is 0 Å². The Morgan fingerprint density at radius 3 is 2.34 bits per heavy atom. The molecule has 1 amide bonds. The molecule has 2 heterocycles. The van der Waals surface area contributed by atoms with Crippen LogP contribution in [0.25, 0.3) is 11.0 Å². The lowest BCUT2D eigenvalue weighted by atomic mass is 10.1. The van der Waals surface area contributed by atoms with E-state index in [-0.39, 0.29) is 11.0 Å². The maximum absolute atomic E-state index is 13.6. The fourth-order valence-electron chi connectivity index (χ4n) is 4.40. The summed E-state index contributed by atoms with van der Waals surface area (Å²) in [6.07, 6.45) is -4.93. The first-order valence-electron chi connectivity index (χ1n) is 11.3. The number of alkyl halides is 3. The number of methoxy groups -OCH3 is 1. The lowest BCUT2D eigenvalue weighted by Gasteiger charge is -2.37. The van der Waals surface area contributed by atoms with Gasteiger partial charge in [0.1, 0.15) is 11.8 Å². The molecule has 0 unspecified atom stereocenters. The zero-order valence-corrected chi connectivity index (χ0v) is 20.0. The minimum Gasteiger partial charge on any atom is -0.497 e. The Morgan fingerprint density at radius 1 is 1.06 bits per heavy atom. The third-order valence-electron chi connectivity index (χ3n) is 6.53. The Labute approximate surface area is 200 Å². The molecule has 1 fully saturated rings. The SMILES string of the molecule is COc1cccc(N2CCN(C(=O)[C@H](C)n3c(=O)c(C(F)(F)F)nc4cc(C)c(C)cc43)CC2)c1. The van der Waals surface area contributed by atoms with E-state index < -0.39 is 29.4 Å². The summed E-state index contributed by atoms with van der Waals surface area (Å²) in [6, 6.07) is 9.60. The van der Waals surface area contributed by atoms with Gasteiger partial charge in [0.25, 0.3) is 5.56 Å². The number of fused-ring (bicyclic) bond motifs is 1. The number of rotatable bonds is 4. The van der Waals surface area contributed by atoms with Gasteiger partial charge in [-0.2, -0.15) is 13.2 Å². The molecular weight excluding hydrogens is 461 g/mol. The number of nitrogens with zero attached hydrogens (tertiary/aromatic N) is 4. The molecule has 35 heavy (non-hydrogen) atoms. The summed E-state index contributed by atoms with van der Waals surface area (Å²) in [4.78, 5) is 33.6. The van der Waals surface area contributed by atoms with E-state index in [4.69, 9.17) is 4.74 Å². The number of piperazine rings is 1. The van der Waals surface area contributed by atoms with E-state index in [9.17, 15) is 22.8 Å². The van der Waals surface area contributed by atoms with Crippen molar-refractivity contribution in [3.05, 3.63) is 63.6 Å². The van der Waals surface area contributed by atoms with Gasteiger partial charge >= 0.3 is 6.18 Å². The number of carbonyl (C=O) groups excluding carboxylic acids is 1. The van der Waals surface area contributed by atoms with Crippen LogP contribution >= 0.6 is 0 Å². The van der Waals surface area contributed by atoms with E-state index >= 15 is 0 Å². The van der Waals surface area contributed by atoms with Crippen molar-refractivity contribution in [2.75, 3.05) is 38.2 Å². The maximum atomic E-state index is 13.6. The minimum atomic E-state index is -4.93. The zero-order chi connectivity index (χ0) is 25.5. The standard InChI is InChI=1S/C25H27F3N4O3/c1-15-12-20-21(13-16(15)2)32(24(34)22(29-20)25(26,27)28)17(3)23(33)31-10-8-30(9-11-31)18-6-5-7-19(14-18)35-4/h5-7,12-14,17H,8-11H2,1-4H3/t17-/m0/s1. The van der Waals surface area contributed by atoms with Gasteiger partial charge in [0.15, 0.2) is 0 Å². The monoisotopic (exact) mass is 488 g/mol. The Bertz CT molecular complexity index is 1330. The number of aromatic nitrogens is 2. The second-order valence-corrected chi connectivity index (χ2v) is 8.75. The van der Waals surface area contributed by atoms with Gasteiger partial charge in [-0.25, -0.2) is 4.98 Å². The van der Waals surface area contributed by atoms with Crippen LogP contribution in [0.5, 0.6) is 5.75 Å². The molecule has 7 nitrogen and oxygen atoms in total. The van der Waals surface area contributed by atoms with Gasteiger partial charge in [-0.15, -0.1) is 0 Å². The summed E-state index contributed by atoms with van der Waals surface area (Å²) < 4.78 is 47.1. The van der Waals surface area contributed by atoms with Crippen LogP contribution in [0.3, 0.4) is 0 Å². The van der Waals surface area contributed by atoms with Crippen LogP contribution in [-0.2, 0) is 11.0 Å². The van der Waals surface area contributed by atoms with Crippen LogP contribution < -0.4 is 15.2 Å². The molecule has 2 aromatic carbocycles. The molecular formula is C25H27F3N4O3. The summed E-state index contributed by atoms with van der Waals surface area (Å²) >= 11 is 0. The molecule has 4 rings (SSSR count). The van der Waals surface area contributed by atoms with Crippen LogP contribution in [0.1, 0.15) is 29.8 Å². The smallest absolute Gasteiger partial charge is 0.438 e. The zero-order valence-electron chi connectivity index (χ0n) is 20.0. The largest absolute Gasteiger partial charge is 0.497 e. The fraction of sp³-hybridized carbons (Fsp3) is 0.400. The van der Waals surface area contributed by atoms with Crippen LogP contribution in [-0.4, -0.2) is 53.6 Å². The molecule has 0 spiro atoms. The lowest BCUT2D eigenvalue weighted by Crippen LogP contribution is -2.51. The van der Waals surface area contributed by atoms with E-state index in [0.717, 1.165) is 27.1 Å². The topological polar surface area (TPSA) is 67.7 Å². The number of ether oxygens (including phenoxy) is 1. The molecule has 0 bridgehead atoms. The van der Waals surface area contributed by atoms with E-state index in [1.165, 1.54) is 13.0 Å². The molecule has 0 aliphatic carbocycles. The highest BCUT2D eigenvalue weighted by molar-refractivity contribution is 5.84. The van der Waals surface area contributed by atoms with Crippen molar-refractivity contribution in [3.63, 3.8) is 0 Å². The highest BCUT2D eigenvalue weighted by atomic mass is 19.4. The first-order chi connectivity index (χ1) is 16.5. The molecule has 3 aromatic rings. The number of hydrogen-bond donors (Lipinski definition) is 0. The predicted octanol–water partition coefficient (Wildman–Crippen LogP) is 3.95. The second-order valence-electron chi connectivity index (χ2n) is 8.75. The molecule has 1 saturated heterocycles. The number of benzene rings is 2. The lowest BCUT2D eigenvalue weighted by molar-refractivity contribution is -0.143. The van der Waals surface area contributed by atoms with Crippen molar-refractivity contribution in [1.82, 2.24) is 14.5 Å². The Hall–Kier alpha value is -3.56. The third-order valence-corrected chi connectivity index (χ3v) is 6.53. The van der Waals surface area contributed by atoms with E-state index in [1.54, 1.807) is 31.9 Å². The molecule has 186 valence electrons. The van der Waals surface area contributed by atoms with Crippen LogP contribution in [0.4, 0.5) is 18.9 Å². The Kier molecular flexibility index (Phi) is 6.48. The minimum absolute atomic E-state index is 0.0301. The number of anilines is 1. The number of amides is 1. The van der Waals surface area contributed by atoms with Crippen LogP contribution in [0.15, 0.2) is 41.2 Å². The summed E-state index contributed by atoms with van der Waals surface area (Å²) in [5, 5.41) is 0. The quantitative estimate of drug-likeness (QED) is 0.557. The summed E-state index contributed by atoms with van der Waals surface area (Å²) in [5.41, 5.74) is -0.0967. The average molecular weight is 489 g/mol. The van der Waals surface area contributed by atoms with Crippen molar-refractivity contribution >= 4 is 22.6 Å². The molecule has 1 aliphatic heterocycles. The number of hydrogen-bond acceptors (Lipinski definition) is 5. The Morgan fingerprint density at radius 2 is 1.71 bits per heavy atom. The maximum Gasteiger partial charge on any atom is 0.438 e. The average Bonchev–Trinajstić information content (AvgIpc) is 2.83. The first-order valence-corrected chi connectivity index (χ1v) is 11.3. The fourth-order valence-corrected chi connectivity index (χ4v) is 4.40. The van der Waals surface area contributed by atoms with Crippen molar-refractivity contribution in [1.29, 1.82) is 0 Å². The summed E-state index contributed by atoms with van der Waals surface area (Å²) in [7, 11) is 1.59. The molecule has 1 aliphatic rings. The molecule has 0 radical (unpaired) electrons. The number of halogens is 3. The third kappa shape index (κ3) is 4.69. The van der Waals surface area contributed by atoms with E-state index in [0.29, 0.717) is 26.2 Å². The van der Waals surface area contributed by atoms with E-state index in [1.807, 2.05) is 24.3 Å². The molecule has 10 heteroatoms. The van der Waals surface area contributed by atoms with Crippen molar-refractivity contribution in [3.8, 4) is 5.75 Å². The van der Waals surface area contributed by atoms with Crippen LogP contribution in [0, 0.1) is 13.8 Å². The van der Waals surface area contributed by atoms with Crippen molar-refractivity contribution in [2.45, 2.75) is 33.0 Å². The molecule has 0 saturated carbocycles. The molecule has 1 atom stereocenters. The molecule has 1 aromatic heterocycles. The van der Waals surface area contributed by atoms with Gasteiger partial charge in [0.2, 0.25) is 11.6 Å². The highest BCUT2D eigenvalue weighted by Crippen LogP contribution is 2.29. The van der Waals surface area contributed by atoms with Gasteiger partial charge in [-0.3, -0.25) is 14.2 Å². The first kappa shape index (κ1) is 24.6. The van der Waals surface area contributed by atoms with Crippen molar-refractivity contribution < 1.29 is 22.7 Å². The number of aryl methyl sites for hydroxylation is 2. The van der Waals surface area contributed by atoms with Gasteiger partial charge in [-0.1, -0.05) is 6.07 Å². The molecule has 0 N–H and O–H groups in total. The Balaban J connectivity index is 1.64. The predicted molar refractivity (Wildman–Crippen MR) is 127 cm³/mol. The number of carbonyl (C=O) groups is 1. The normalized spacial score (nSPS) is 15.4. The van der Waals surface area contributed by atoms with Gasteiger partial charge < -0.3 is 14.5 Å². The van der Waals surface area contributed by atoms with Crippen molar-refractivity contribution in [2.24, 2.45) is 0 Å². The summed E-state index contributed by atoms with van der Waals surface area (Å²) in [6.45, 7) is 6.87. The van der Waals surface area contributed by atoms with E-state index in [2.05, 4.69) is 9.88 Å². The van der Waals surface area contributed by atoms with Gasteiger partial charge in [-0.05, 0) is 56.2 Å². The van der Waals surface area contributed by atoms with Gasteiger partial charge in [0.05, 0.1) is 18.1 Å².